The van der Waals surface area contributed by atoms with Gasteiger partial charge in [-0.2, -0.15) is 0 Å². The van der Waals surface area contributed by atoms with E-state index < -0.39 is 0 Å². The molecule has 6 nitrogen and oxygen atoms in total. The van der Waals surface area contributed by atoms with Crippen molar-refractivity contribution in [2.45, 2.75) is 30.6 Å². The van der Waals surface area contributed by atoms with E-state index in [1.165, 1.54) is 6.92 Å². The molecular formula is C22H26N2O4S. The minimum absolute atomic E-state index is 0.0551. The van der Waals surface area contributed by atoms with E-state index >= 15 is 0 Å². The Balaban J connectivity index is 2.00. The molecule has 0 aliphatic carbocycles. The Bertz CT molecular complexity index is 931. The van der Waals surface area contributed by atoms with Crippen molar-refractivity contribution in [2.75, 3.05) is 32.1 Å². The van der Waals surface area contributed by atoms with Gasteiger partial charge in [-0.05, 0) is 18.1 Å². The van der Waals surface area contributed by atoms with Gasteiger partial charge < -0.3 is 19.3 Å². The molecule has 0 radical (unpaired) electrons. The number of rotatable bonds is 6. The van der Waals surface area contributed by atoms with E-state index in [0.717, 1.165) is 27.7 Å². The third-order valence-corrected chi connectivity index (χ3v) is 5.90. The van der Waals surface area contributed by atoms with Crippen LogP contribution in [0.3, 0.4) is 0 Å². The Morgan fingerprint density at radius 3 is 2.48 bits per heavy atom. The summed E-state index contributed by atoms with van der Waals surface area (Å²) in [6, 6.07) is 12.0. The van der Waals surface area contributed by atoms with E-state index in [2.05, 4.69) is 24.0 Å². The first-order valence-corrected chi connectivity index (χ1v) is 10.3. The van der Waals surface area contributed by atoms with E-state index in [1.807, 2.05) is 31.3 Å². The van der Waals surface area contributed by atoms with Crippen LogP contribution in [0.2, 0.25) is 0 Å². The lowest BCUT2D eigenvalue weighted by molar-refractivity contribution is -0.132. The molecule has 0 unspecified atom stereocenters. The summed E-state index contributed by atoms with van der Waals surface area (Å²) >= 11 is 1.64. The van der Waals surface area contributed by atoms with Gasteiger partial charge in [0.25, 0.3) is 0 Å². The Morgan fingerprint density at radius 2 is 1.83 bits per heavy atom. The average molecular weight is 415 g/mol. The maximum absolute atomic E-state index is 11.6. The molecule has 2 aromatic carbocycles. The van der Waals surface area contributed by atoms with Crippen molar-refractivity contribution in [1.29, 1.82) is 0 Å². The molecule has 1 aliphatic rings. The lowest BCUT2D eigenvalue weighted by atomic mass is 10.1. The van der Waals surface area contributed by atoms with Crippen LogP contribution in [-0.2, 0) is 9.59 Å². The molecule has 7 heteroatoms. The number of nitrogens with zero attached hydrogens (tertiary/aromatic N) is 2. The lowest BCUT2D eigenvalue weighted by Gasteiger charge is -2.35. The second-order valence-electron chi connectivity index (χ2n) is 7.25. The fourth-order valence-corrected chi connectivity index (χ4v) is 4.50. The number of hydrogen-bond donors (Lipinski definition) is 0. The summed E-state index contributed by atoms with van der Waals surface area (Å²) in [5, 5.41) is 0. The molecule has 0 spiro atoms. The van der Waals surface area contributed by atoms with Crippen LogP contribution in [-0.4, -0.2) is 44.0 Å². The molecule has 0 bridgehead atoms. The Morgan fingerprint density at radius 1 is 1.10 bits per heavy atom. The number of anilines is 2. The number of amides is 1. The van der Waals surface area contributed by atoms with Gasteiger partial charge in [-0.3, -0.25) is 9.59 Å². The number of esters is 1. The molecular weight excluding hydrogens is 388 g/mol. The number of ether oxygens (including phenoxy) is 2. The van der Waals surface area contributed by atoms with Gasteiger partial charge in [0, 0.05) is 55.9 Å². The highest BCUT2D eigenvalue weighted by Crippen LogP contribution is 2.51. The van der Waals surface area contributed by atoms with Gasteiger partial charge in [0.15, 0.2) is 11.5 Å². The van der Waals surface area contributed by atoms with Crippen molar-refractivity contribution in [3.8, 4) is 11.5 Å². The number of carbonyl (C=O) groups is 2. The zero-order valence-electron chi connectivity index (χ0n) is 17.4. The predicted molar refractivity (Wildman–Crippen MR) is 114 cm³/mol. The van der Waals surface area contributed by atoms with Crippen LogP contribution < -0.4 is 14.4 Å². The number of carbonyl (C=O) groups excluding carboxylic acids is 2. The summed E-state index contributed by atoms with van der Waals surface area (Å²) in [6.45, 7) is 6.49. The Labute approximate surface area is 175 Å². The minimum atomic E-state index is -0.387. The smallest absolute Gasteiger partial charge is 0.308 e. The third kappa shape index (κ3) is 4.67. The fraction of sp³-hybridized carbons (Fsp3) is 0.364. The molecule has 0 N–H and O–H groups in total. The third-order valence-electron chi connectivity index (χ3n) is 4.78. The van der Waals surface area contributed by atoms with Crippen molar-refractivity contribution in [3.05, 3.63) is 36.4 Å². The van der Waals surface area contributed by atoms with E-state index in [0.29, 0.717) is 18.0 Å². The molecule has 0 saturated carbocycles. The van der Waals surface area contributed by atoms with Gasteiger partial charge in [-0.15, -0.1) is 0 Å². The first kappa shape index (κ1) is 21.0. The number of methoxy groups -OCH3 is 1. The molecule has 1 aliphatic heterocycles. The van der Waals surface area contributed by atoms with Gasteiger partial charge in [-0.1, -0.05) is 30.8 Å². The van der Waals surface area contributed by atoms with Crippen molar-refractivity contribution in [1.82, 2.24) is 4.90 Å². The second kappa shape index (κ2) is 8.78. The SMILES string of the molecule is COc1cc2c(cc1OC(C)=O)Sc1ccccc1N2C[C@H](C)CN(C)C(C)=O. The molecule has 3 rings (SSSR count). The quantitative estimate of drug-likeness (QED) is 0.518. The molecule has 0 fully saturated rings. The van der Waals surface area contributed by atoms with E-state index in [9.17, 15) is 9.59 Å². The van der Waals surface area contributed by atoms with E-state index in [1.54, 1.807) is 30.7 Å². The maximum Gasteiger partial charge on any atom is 0.308 e. The molecule has 154 valence electrons. The predicted octanol–water partition coefficient (Wildman–Crippen LogP) is 4.34. The number of benzene rings is 2. The molecule has 1 heterocycles. The van der Waals surface area contributed by atoms with Crippen LogP contribution in [0, 0.1) is 5.92 Å². The summed E-state index contributed by atoms with van der Waals surface area (Å²) in [4.78, 5) is 29.2. The van der Waals surface area contributed by atoms with E-state index in [-0.39, 0.29) is 17.8 Å². The van der Waals surface area contributed by atoms with Crippen LogP contribution in [0.15, 0.2) is 46.2 Å². The van der Waals surface area contributed by atoms with Crippen molar-refractivity contribution in [3.63, 3.8) is 0 Å². The summed E-state index contributed by atoms with van der Waals surface area (Å²) < 4.78 is 10.8. The highest BCUT2D eigenvalue weighted by atomic mass is 32.2. The van der Waals surface area contributed by atoms with Gasteiger partial charge in [0.2, 0.25) is 5.91 Å². The first-order valence-electron chi connectivity index (χ1n) is 9.46. The topological polar surface area (TPSA) is 59.1 Å². The average Bonchev–Trinajstić information content (AvgIpc) is 2.66. The molecule has 0 saturated heterocycles. The molecule has 1 amide bonds. The summed E-state index contributed by atoms with van der Waals surface area (Å²) in [7, 11) is 3.38. The largest absolute Gasteiger partial charge is 0.493 e. The highest BCUT2D eigenvalue weighted by Gasteiger charge is 2.27. The molecule has 0 aromatic heterocycles. The molecule has 1 atom stereocenters. The summed E-state index contributed by atoms with van der Waals surface area (Å²) in [5.74, 6) is 0.834. The van der Waals surface area contributed by atoms with Crippen molar-refractivity contribution in [2.24, 2.45) is 5.92 Å². The zero-order chi connectivity index (χ0) is 21.1. The minimum Gasteiger partial charge on any atom is -0.493 e. The van der Waals surface area contributed by atoms with Crippen LogP contribution >= 0.6 is 11.8 Å². The monoisotopic (exact) mass is 414 g/mol. The normalized spacial score (nSPS) is 13.2. The van der Waals surface area contributed by atoms with Crippen LogP contribution in [0.25, 0.3) is 0 Å². The standard InChI is InChI=1S/C22H26N2O4S/c1-14(12-23(4)15(2)25)13-24-17-8-6-7-9-21(17)29-22-11-20(28-16(3)26)19(27-5)10-18(22)24/h6-11,14H,12-13H2,1-5H3/t14-/m1/s1. The van der Waals surface area contributed by atoms with Gasteiger partial charge >= 0.3 is 5.97 Å². The van der Waals surface area contributed by atoms with Crippen molar-refractivity contribution < 1.29 is 19.1 Å². The number of para-hydroxylation sites is 1. The first-order chi connectivity index (χ1) is 13.8. The highest BCUT2D eigenvalue weighted by molar-refractivity contribution is 7.99. The van der Waals surface area contributed by atoms with E-state index in [4.69, 9.17) is 9.47 Å². The summed E-state index contributed by atoms with van der Waals surface area (Å²) in [6.07, 6.45) is 0. The number of fused-ring (bicyclic) bond motifs is 2. The van der Waals surface area contributed by atoms with Gasteiger partial charge in [0.05, 0.1) is 18.5 Å². The zero-order valence-corrected chi connectivity index (χ0v) is 18.2. The van der Waals surface area contributed by atoms with Gasteiger partial charge in [0.1, 0.15) is 0 Å². The molecule has 2 aromatic rings. The Kier molecular flexibility index (Phi) is 6.37. The van der Waals surface area contributed by atoms with Crippen LogP contribution in [0.4, 0.5) is 11.4 Å². The Hall–Kier alpha value is -2.67. The fourth-order valence-electron chi connectivity index (χ4n) is 3.39. The van der Waals surface area contributed by atoms with Crippen molar-refractivity contribution >= 4 is 35.0 Å². The lowest BCUT2D eigenvalue weighted by Crippen LogP contribution is -2.35. The molecule has 29 heavy (non-hydrogen) atoms. The van der Waals surface area contributed by atoms with Gasteiger partial charge in [-0.25, -0.2) is 0 Å². The number of hydrogen-bond acceptors (Lipinski definition) is 6. The van der Waals surface area contributed by atoms with Crippen LogP contribution in [0.1, 0.15) is 20.8 Å². The maximum atomic E-state index is 11.6. The summed E-state index contributed by atoms with van der Waals surface area (Å²) in [5.41, 5.74) is 2.11. The van der Waals surface area contributed by atoms with Crippen LogP contribution in [0.5, 0.6) is 11.5 Å². The second-order valence-corrected chi connectivity index (χ2v) is 8.33.